The van der Waals surface area contributed by atoms with Crippen molar-refractivity contribution in [3.05, 3.63) is 53.3 Å². The average Bonchev–Trinajstić information content (AvgIpc) is 3.06. The molecule has 5 heteroatoms. The van der Waals surface area contributed by atoms with E-state index < -0.39 is 6.10 Å². The Morgan fingerprint density at radius 3 is 2.70 bits per heavy atom. The smallest absolute Gasteiger partial charge is 0.291 e. The minimum Gasteiger partial charge on any atom is -0.382 e. The lowest BCUT2D eigenvalue weighted by atomic mass is 10.0. The van der Waals surface area contributed by atoms with Gasteiger partial charge in [0.05, 0.1) is 11.4 Å². The molecule has 0 amide bonds. The molecule has 0 spiro atoms. The molecule has 1 atom stereocenters. The summed E-state index contributed by atoms with van der Waals surface area (Å²) in [5.74, 6) is -0.176. The highest BCUT2D eigenvalue weighted by atomic mass is 16.6. The number of hydrogen-bond acceptors (Lipinski definition) is 4. The van der Waals surface area contributed by atoms with Crippen LogP contribution in [0.25, 0.3) is 0 Å². The van der Waals surface area contributed by atoms with Crippen molar-refractivity contribution >= 4 is 11.6 Å². The molecule has 0 unspecified atom stereocenters. The van der Waals surface area contributed by atoms with E-state index in [1.165, 1.54) is 4.68 Å². The molecule has 1 aromatic heterocycles. The first-order valence-electron chi connectivity index (χ1n) is 6.51. The maximum absolute atomic E-state index is 12.4. The summed E-state index contributed by atoms with van der Waals surface area (Å²) in [6, 6.07) is 11.6. The molecule has 2 aromatic rings. The van der Waals surface area contributed by atoms with Crippen molar-refractivity contribution in [3.63, 3.8) is 0 Å². The molecule has 1 aromatic carbocycles. The predicted octanol–water partition coefficient (Wildman–Crippen LogP) is 2.33. The average molecular weight is 269 g/mol. The summed E-state index contributed by atoms with van der Waals surface area (Å²) in [5.41, 5.74) is 3.41. The monoisotopic (exact) mass is 269 g/mol. The second-order valence-corrected chi connectivity index (χ2v) is 4.88. The molecule has 102 valence electrons. The van der Waals surface area contributed by atoms with E-state index in [9.17, 15) is 4.79 Å². The number of carbonyl (C=O) groups is 1. The molecule has 1 aliphatic rings. The highest BCUT2D eigenvalue weighted by Gasteiger charge is 2.31. The Hall–Kier alpha value is -2.43. The first-order valence-corrected chi connectivity index (χ1v) is 6.51. The van der Waals surface area contributed by atoms with Crippen LogP contribution >= 0.6 is 0 Å². The van der Waals surface area contributed by atoms with Crippen LogP contribution in [0.15, 0.2) is 41.6 Å². The normalized spacial score (nSPS) is 17.7. The zero-order valence-corrected chi connectivity index (χ0v) is 11.4. The van der Waals surface area contributed by atoms with Crippen LogP contribution in [-0.2, 0) is 4.84 Å². The highest BCUT2D eigenvalue weighted by Crippen LogP contribution is 2.18. The molecule has 3 rings (SSSR count). The van der Waals surface area contributed by atoms with Crippen molar-refractivity contribution in [2.75, 3.05) is 0 Å². The maximum atomic E-state index is 12.4. The summed E-state index contributed by atoms with van der Waals surface area (Å²) < 4.78 is 1.39. The second kappa shape index (κ2) is 4.92. The molecule has 0 aliphatic carbocycles. The van der Waals surface area contributed by atoms with Gasteiger partial charge in [0.2, 0.25) is 6.10 Å². The Morgan fingerprint density at radius 1 is 1.30 bits per heavy atom. The molecule has 0 N–H and O–H groups in total. The fourth-order valence-electron chi connectivity index (χ4n) is 2.30. The van der Waals surface area contributed by atoms with Gasteiger partial charge in [0.15, 0.2) is 0 Å². The SMILES string of the molecule is Cc1cc(C)n(C(=O)[C@@H]2CC(c3ccccc3)=NO2)n1. The van der Waals surface area contributed by atoms with Crippen molar-refractivity contribution in [2.24, 2.45) is 5.16 Å². The van der Waals surface area contributed by atoms with Gasteiger partial charge in [-0.3, -0.25) is 4.79 Å². The van der Waals surface area contributed by atoms with E-state index >= 15 is 0 Å². The third-order valence-electron chi connectivity index (χ3n) is 3.27. The van der Waals surface area contributed by atoms with E-state index in [4.69, 9.17) is 4.84 Å². The van der Waals surface area contributed by atoms with E-state index in [0.29, 0.717) is 6.42 Å². The van der Waals surface area contributed by atoms with Crippen LogP contribution in [0.2, 0.25) is 0 Å². The van der Waals surface area contributed by atoms with Crippen LogP contribution in [0.1, 0.15) is 28.2 Å². The van der Waals surface area contributed by atoms with Crippen molar-refractivity contribution in [2.45, 2.75) is 26.4 Å². The lowest BCUT2D eigenvalue weighted by molar-refractivity contribution is 0.0452. The molecule has 5 nitrogen and oxygen atoms in total. The molecule has 0 fully saturated rings. The molecule has 0 saturated carbocycles. The summed E-state index contributed by atoms with van der Waals surface area (Å²) in [4.78, 5) is 17.6. The number of nitrogens with zero attached hydrogens (tertiary/aromatic N) is 3. The first-order chi connectivity index (χ1) is 9.65. The number of rotatable bonds is 2. The van der Waals surface area contributed by atoms with Gasteiger partial charge < -0.3 is 4.84 Å². The van der Waals surface area contributed by atoms with Crippen molar-refractivity contribution < 1.29 is 9.63 Å². The minimum atomic E-state index is -0.594. The van der Waals surface area contributed by atoms with Crippen molar-refractivity contribution in [3.8, 4) is 0 Å². The molecular formula is C15H15N3O2. The summed E-state index contributed by atoms with van der Waals surface area (Å²) >= 11 is 0. The predicted molar refractivity (Wildman–Crippen MR) is 74.8 cm³/mol. The second-order valence-electron chi connectivity index (χ2n) is 4.88. The number of aryl methyl sites for hydroxylation is 2. The fourth-order valence-corrected chi connectivity index (χ4v) is 2.30. The third kappa shape index (κ3) is 2.22. The van der Waals surface area contributed by atoms with Crippen LogP contribution in [0.4, 0.5) is 0 Å². The Labute approximate surface area is 116 Å². The lowest BCUT2D eigenvalue weighted by Crippen LogP contribution is -2.28. The topological polar surface area (TPSA) is 56.5 Å². The van der Waals surface area contributed by atoms with Crippen LogP contribution in [0, 0.1) is 13.8 Å². The molecule has 0 saturated heterocycles. The highest BCUT2D eigenvalue weighted by molar-refractivity contribution is 6.04. The van der Waals surface area contributed by atoms with Gasteiger partial charge in [-0.25, -0.2) is 4.68 Å². The third-order valence-corrected chi connectivity index (χ3v) is 3.27. The Kier molecular flexibility index (Phi) is 3.10. The molecule has 1 aliphatic heterocycles. The fraction of sp³-hybridized carbons (Fsp3) is 0.267. The number of benzene rings is 1. The summed E-state index contributed by atoms with van der Waals surface area (Å²) in [5, 5.41) is 8.21. The Morgan fingerprint density at radius 2 is 2.05 bits per heavy atom. The van der Waals surface area contributed by atoms with Crippen LogP contribution in [0.3, 0.4) is 0 Å². The summed E-state index contributed by atoms with van der Waals surface area (Å²) in [7, 11) is 0. The first kappa shape index (κ1) is 12.6. The summed E-state index contributed by atoms with van der Waals surface area (Å²) in [6.45, 7) is 3.71. The lowest BCUT2D eigenvalue weighted by Gasteiger charge is -2.08. The zero-order chi connectivity index (χ0) is 14.1. The molecule has 2 heterocycles. The summed E-state index contributed by atoms with van der Waals surface area (Å²) in [6.07, 6.45) is -0.121. The Bertz CT molecular complexity index is 674. The van der Waals surface area contributed by atoms with Gasteiger partial charge in [-0.2, -0.15) is 5.10 Å². The Balaban J connectivity index is 1.76. The molecular weight excluding hydrogens is 254 g/mol. The minimum absolute atomic E-state index is 0.176. The maximum Gasteiger partial charge on any atom is 0.291 e. The van der Waals surface area contributed by atoms with Gasteiger partial charge in [-0.15, -0.1) is 0 Å². The van der Waals surface area contributed by atoms with Gasteiger partial charge in [0.1, 0.15) is 0 Å². The molecule has 0 bridgehead atoms. The van der Waals surface area contributed by atoms with Crippen LogP contribution < -0.4 is 0 Å². The van der Waals surface area contributed by atoms with E-state index in [1.54, 1.807) is 0 Å². The van der Waals surface area contributed by atoms with E-state index in [1.807, 2.05) is 50.2 Å². The van der Waals surface area contributed by atoms with E-state index in [0.717, 1.165) is 22.7 Å². The molecule has 20 heavy (non-hydrogen) atoms. The van der Waals surface area contributed by atoms with Gasteiger partial charge in [0, 0.05) is 12.1 Å². The quantitative estimate of drug-likeness (QED) is 0.840. The number of oxime groups is 1. The zero-order valence-electron chi connectivity index (χ0n) is 11.4. The van der Waals surface area contributed by atoms with Crippen molar-refractivity contribution in [1.29, 1.82) is 0 Å². The van der Waals surface area contributed by atoms with Crippen LogP contribution in [-0.4, -0.2) is 27.5 Å². The van der Waals surface area contributed by atoms with E-state index in [-0.39, 0.29) is 5.91 Å². The number of aromatic nitrogens is 2. The molecule has 0 radical (unpaired) electrons. The van der Waals surface area contributed by atoms with Gasteiger partial charge in [0.25, 0.3) is 5.91 Å². The van der Waals surface area contributed by atoms with Gasteiger partial charge in [-0.1, -0.05) is 35.5 Å². The number of hydrogen-bond donors (Lipinski definition) is 0. The largest absolute Gasteiger partial charge is 0.382 e. The van der Waals surface area contributed by atoms with Crippen molar-refractivity contribution in [1.82, 2.24) is 9.78 Å². The van der Waals surface area contributed by atoms with E-state index in [2.05, 4.69) is 10.3 Å². The van der Waals surface area contributed by atoms with Gasteiger partial charge in [-0.05, 0) is 25.5 Å². The van der Waals surface area contributed by atoms with Crippen LogP contribution in [0.5, 0.6) is 0 Å². The number of carbonyl (C=O) groups excluding carboxylic acids is 1. The van der Waals surface area contributed by atoms with Gasteiger partial charge >= 0.3 is 0 Å². The standard InChI is InChI=1S/C15H15N3O2/c1-10-8-11(2)18(16-10)15(19)14-9-13(17-20-14)12-6-4-3-5-7-12/h3-8,14H,9H2,1-2H3/t14-/m0/s1.